The molecule has 1 heterocycles. The summed E-state index contributed by atoms with van der Waals surface area (Å²) in [5, 5.41) is 0. The molecular weight excluding hydrogens is 336 g/mol. The second kappa shape index (κ2) is 8.05. The highest BCUT2D eigenvalue weighted by atomic mass is 16.5. The van der Waals surface area contributed by atoms with Crippen LogP contribution in [0.2, 0.25) is 0 Å². The number of furan rings is 1. The molecule has 0 bridgehead atoms. The molecule has 0 unspecified atom stereocenters. The molecule has 1 aliphatic carbocycles. The van der Waals surface area contributed by atoms with E-state index in [0.29, 0.717) is 5.56 Å². The fourth-order valence-electron chi connectivity index (χ4n) is 3.78. The Hall–Kier alpha value is -2.47. The van der Waals surface area contributed by atoms with Crippen LogP contribution in [0.1, 0.15) is 73.4 Å². The van der Waals surface area contributed by atoms with Crippen LogP contribution in [0.3, 0.4) is 0 Å². The molecule has 2 atom stereocenters. The van der Waals surface area contributed by atoms with Gasteiger partial charge >= 0.3 is 0 Å². The molecule has 1 aromatic heterocycles. The Morgan fingerprint density at radius 2 is 2.04 bits per heavy atom. The minimum Gasteiger partial charge on any atom is -0.497 e. The van der Waals surface area contributed by atoms with Gasteiger partial charge in [0.2, 0.25) is 0 Å². The Bertz CT molecular complexity index is 863. The van der Waals surface area contributed by atoms with Crippen LogP contribution < -0.4 is 4.74 Å². The first-order chi connectivity index (χ1) is 13.0. The smallest absolute Gasteiger partial charge is 0.163 e. The second-order valence-electron chi connectivity index (χ2n) is 7.50. The van der Waals surface area contributed by atoms with Crippen molar-refractivity contribution in [2.45, 2.75) is 58.3 Å². The third-order valence-electron chi connectivity index (χ3n) is 5.57. The van der Waals surface area contributed by atoms with Crippen LogP contribution in [-0.4, -0.2) is 12.9 Å². The van der Waals surface area contributed by atoms with E-state index < -0.39 is 0 Å². The molecule has 1 fully saturated rings. The van der Waals surface area contributed by atoms with Gasteiger partial charge in [0.15, 0.2) is 5.78 Å². The lowest BCUT2D eigenvalue weighted by Crippen LogP contribution is -2.09. The zero-order valence-corrected chi connectivity index (χ0v) is 16.7. The van der Waals surface area contributed by atoms with Crippen molar-refractivity contribution >= 4 is 5.78 Å². The molecule has 3 rings (SSSR count). The van der Waals surface area contributed by atoms with E-state index in [-0.39, 0.29) is 17.1 Å². The molecule has 3 nitrogen and oxygen atoms in total. The average molecular weight is 364 g/mol. The first-order valence-corrected chi connectivity index (χ1v) is 9.77. The van der Waals surface area contributed by atoms with Gasteiger partial charge in [0.25, 0.3) is 0 Å². The highest BCUT2D eigenvalue weighted by Crippen LogP contribution is 2.58. The van der Waals surface area contributed by atoms with Gasteiger partial charge in [-0.15, -0.1) is 0 Å². The van der Waals surface area contributed by atoms with Crippen LogP contribution in [0, 0.1) is 24.7 Å². The number of ether oxygens (including phenoxy) is 1. The summed E-state index contributed by atoms with van der Waals surface area (Å²) in [6.45, 7) is 5.69. The van der Waals surface area contributed by atoms with Crippen molar-refractivity contribution in [2.75, 3.05) is 7.11 Å². The number of ketones is 1. The maximum absolute atomic E-state index is 11.8. The van der Waals surface area contributed by atoms with Gasteiger partial charge in [-0.05, 0) is 57.0 Å². The molecule has 1 saturated carbocycles. The quantitative estimate of drug-likeness (QED) is 0.360. The standard InChI is InChI=1S/C24H28O3/c1-5-6-7-14-24(23-15-22(17(2)25)18(3)27-23)16-20(24)11-8-19-9-12-21(26-4)13-10-19/h9-10,12-13,15,20H,5-7,14,16H2,1-4H3/t20-,24+/m1/s1. The SMILES string of the molecule is CCCCC[C@]1(c2cc(C(C)=O)c(C)o2)C[C@H]1C#Cc1ccc(OC)cc1. The van der Waals surface area contributed by atoms with Gasteiger partial charge in [0, 0.05) is 16.9 Å². The number of carbonyl (C=O) groups is 1. The Labute approximate surface area is 162 Å². The van der Waals surface area contributed by atoms with Gasteiger partial charge in [-0.25, -0.2) is 0 Å². The average Bonchev–Trinajstić information content (AvgIpc) is 3.23. The Morgan fingerprint density at radius 3 is 2.63 bits per heavy atom. The predicted octanol–water partition coefficient (Wildman–Crippen LogP) is 5.69. The molecule has 2 aromatic rings. The van der Waals surface area contributed by atoms with Gasteiger partial charge in [0.05, 0.1) is 12.7 Å². The molecule has 3 heteroatoms. The number of aryl methyl sites for hydroxylation is 1. The lowest BCUT2D eigenvalue weighted by atomic mass is 9.92. The van der Waals surface area contributed by atoms with E-state index in [1.807, 2.05) is 37.3 Å². The van der Waals surface area contributed by atoms with Crippen molar-refractivity contribution in [3.05, 3.63) is 53.0 Å². The summed E-state index contributed by atoms with van der Waals surface area (Å²) in [4.78, 5) is 11.8. The number of rotatable bonds is 7. The van der Waals surface area contributed by atoms with Crippen LogP contribution in [0.4, 0.5) is 0 Å². The Morgan fingerprint density at radius 1 is 1.30 bits per heavy atom. The molecule has 0 aliphatic heterocycles. The summed E-state index contributed by atoms with van der Waals surface area (Å²) in [6, 6.07) is 9.79. The summed E-state index contributed by atoms with van der Waals surface area (Å²) in [7, 11) is 1.66. The molecule has 0 N–H and O–H groups in total. The summed E-state index contributed by atoms with van der Waals surface area (Å²) in [5.41, 5.74) is 1.66. The number of hydrogen-bond acceptors (Lipinski definition) is 3. The normalized spacial score (nSPS) is 20.7. The second-order valence-corrected chi connectivity index (χ2v) is 7.50. The highest BCUT2D eigenvalue weighted by molar-refractivity contribution is 5.95. The van der Waals surface area contributed by atoms with E-state index >= 15 is 0 Å². The zero-order valence-electron chi connectivity index (χ0n) is 16.7. The highest BCUT2D eigenvalue weighted by Gasteiger charge is 2.56. The van der Waals surface area contributed by atoms with Crippen molar-refractivity contribution in [3.8, 4) is 17.6 Å². The van der Waals surface area contributed by atoms with E-state index in [2.05, 4.69) is 18.8 Å². The lowest BCUT2D eigenvalue weighted by molar-refractivity contribution is 0.101. The van der Waals surface area contributed by atoms with Crippen LogP contribution in [0.15, 0.2) is 34.7 Å². The Balaban J connectivity index is 1.82. The van der Waals surface area contributed by atoms with E-state index in [9.17, 15) is 4.79 Å². The van der Waals surface area contributed by atoms with E-state index in [1.165, 1.54) is 12.8 Å². The molecule has 142 valence electrons. The molecule has 0 radical (unpaired) electrons. The van der Waals surface area contributed by atoms with Gasteiger partial charge in [-0.1, -0.05) is 38.0 Å². The molecule has 0 amide bonds. The van der Waals surface area contributed by atoms with Gasteiger partial charge in [-0.2, -0.15) is 0 Å². The van der Waals surface area contributed by atoms with Crippen molar-refractivity contribution in [1.29, 1.82) is 0 Å². The van der Waals surface area contributed by atoms with Crippen molar-refractivity contribution in [3.63, 3.8) is 0 Å². The molecular formula is C24H28O3. The fraction of sp³-hybridized carbons (Fsp3) is 0.458. The number of methoxy groups -OCH3 is 1. The van der Waals surface area contributed by atoms with Gasteiger partial charge in [-0.3, -0.25) is 4.79 Å². The zero-order chi connectivity index (χ0) is 19.4. The van der Waals surface area contributed by atoms with Crippen LogP contribution >= 0.6 is 0 Å². The minimum atomic E-state index is -0.0346. The number of benzene rings is 1. The van der Waals surface area contributed by atoms with E-state index in [0.717, 1.165) is 42.1 Å². The molecule has 1 aliphatic rings. The largest absolute Gasteiger partial charge is 0.497 e. The number of unbranched alkanes of at least 4 members (excludes halogenated alkanes) is 2. The molecule has 1 aromatic carbocycles. The summed E-state index contributed by atoms with van der Waals surface area (Å²) in [5.74, 6) is 9.59. The van der Waals surface area contributed by atoms with Crippen molar-refractivity contribution < 1.29 is 13.9 Å². The fourth-order valence-corrected chi connectivity index (χ4v) is 3.78. The summed E-state index contributed by atoms with van der Waals surface area (Å²) >= 11 is 0. The third-order valence-corrected chi connectivity index (χ3v) is 5.57. The summed E-state index contributed by atoms with van der Waals surface area (Å²) in [6.07, 6.45) is 5.62. The van der Waals surface area contributed by atoms with Gasteiger partial charge < -0.3 is 9.15 Å². The van der Waals surface area contributed by atoms with Gasteiger partial charge in [0.1, 0.15) is 17.3 Å². The Kier molecular flexibility index (Phi) is 5.75. The van der Waals surface area contributed by atoms with Crippen LogP contribution in [0.25, 0.3) is 0 Å². The predicted molar refractivity (Wildman–Crippen MR) is 107 cm³/mol. The number of carbonyl (C=O) groups excluding carboxylic acids is 1. The maximum atomic E-state index is 11.8. The summed E-state index contributed by atoms with van der Waals surface area (Å²) < 4.78 is 11.2. The van der Waals surface area contributed by atoms with E-state index in [1.54, 1.807) is 14.0 Å². The first-order valence-electron chi connectivity index (χ1n) is 9.77. The maximum Gasteiger partial charge on any atom is 0.163 e. The van der Waals surface area contributed by atoms with Crippen LogP contribution in [0.5, 0.6) is 5.75 Å². The van der Waals surface area contributed by atoms with Crippen LogP contribution in [-0.2, 0) is 5.41 Å². The lowest BCUT2D eigenvalue weighted by Gasteiger charge is -2.13. The molecule has 0 saturated heterocycles. The monoisotopic (exact) mass is 364 g/mol. The molecule has 27 heavy (non-hydrogen) atoms. The molecule has 0 spiro atoms. The van der Waals surface area contributed by atoms with Crippen molar-refractivity contribution in [2.24, 2.45) is 5.92 Å². The number of hydrogen-bond donors (Lipinski definition) is 0. The topological polar surface area (TPSA) is 39.4 Å². The number of Topliss-reactive ketones (excluding diaryl/α,β-unsaturated/α-hetero) is 1. The first kappa shape index (κ1) is 19.3. The van der Waals surface area contributed by atoms with E-state index in [4.69, 9.17) is 9.15 Å². The third kappa shape index (κ3) is 4.11. The van der Waals surface area contributed by atoms with Crippen molar-refractivity contribution in [1.82, 2.24) is 0 Å². The minimum absolute atomic E-state index is 0.0346.